The summed E-state index contributed by atoms with van der Waals surface area (Å²) in [5, 5.41) is 3.47. The standard InChI is InChI=1S/C22H18N4O3/c1-3-19(27)26-15-5-4-6-17(11-15)29-22-20-18(12-23-21(20)24-13-25-22)14-7-9-16(28-2)10-8-14/h3-13H,1H2,2H3,(H,26,27)(H,23,24,25). The van der Waals surface area contributed by atoms with E-state index >= 15 is 0 Å². The summed E-state index contributed by atoms with van der Waals surface area (Å²) in [5.41, 5.74) is 3.15. The molecule has 29 heavy (non-hydrogen) atoms. The van der Waals surface area contributed by atoms with Crippen molar-refractivity contribution in [3.05, 3.63) is 73.7 Å². The molecule has 7 heteroatoms. The lowest BCUT2D eigenvalue weighted by Crippen LogP contribution is -2.07. The molecule has 0 fully saturated rings. The van der Waals surface area contributed by atoms with Gasteiger partial charge in [-0.2, -0.15) is 0 Å². The number of anilines is 1. The van der Waals surface area contributed by atoms with Crippen LogP contribution in [0.25, 0.3) is 22.2 Å². The number of H-pyrrole nitrogens is 1. The molecule has 0 unspecified atom stereocenters. The fourth-order valence-electron chi connectivity index (χ4n) is 2.95. The van der Waals surface area contributed by atoms with E-state index in [-0.39, 0.29) is 5.91 Å². The molecule has 0 radical (unpaired) electrons. The summed E-state index contributed by atoms with van der Waals surface area (Å²) in [5.74, 6) is 1.43. The van der Waals surface area contributed by atoms with Gasteiger partial charge in [0.25, 0.3) is 0 Å². The molecule has 1 amide bonds. The number of aromatic nitrogens is 3. The van der Waals surface area contributed by atoms with Crippen LogP contribution in [0.5, 0.6) is 17.4 Å². The summed E-state index contributed by atoms with van der Waals surface area (Å²) < 4.78 is 11.3. The highest BCUT2D eigenvalue weighted by Gasteiger charge is 2.15. The predicted molar refractivity (Wildman–Crippen MR) is 111 cm³/mol. The van der Waals surface area contributed by atoms with Gasteiger partial charge in [-0.3, -0.25) is 4.79 Å². The molecule has 7 nitrogen and oxygen atoms in total. The largest absolute Gasteiger partial charge is 0.497 e. The fourth-order valence-corrected chi connectivity index (χ4v) is 2.95. The van der Waals surface area contributed by atoms with Gasteiger partial charge in [0.1, 0.15) is 23.5 Å². The highest BCUT2D eigenvalue weighted by molar-refractivity contribution is 5.99. The second kappa shape index (κ2) is 7.85. The molecule has 2 N–H and O–H groups in total. The van der Waals surface area contributed by atoms with Crippen LogP contribution in [0.15, 0.2) is 73.7 Å². The van der Waals surface area contributed by atoms with E-state index in [1.807, 2.05) is 30.5 Å². The first-order valence-electron chi connectivity index (χ1n) is 8.86. The van der Waals surface area contributed by atoms with Crippen LogP contribution in [0.2, 0.25) is 0 Å². The smallest absolute Gasteiger partial charge is 0.247 e. The molecule has 0 bridgehead atoms. The van der Waals surface area contributed by atoms with Crippen molar-refractivity contribution in [2.75, 3.05) is 12.4 Å². The van der Waals surface area contributed by atoms with Crippen molar-refractivity contribution in [1.29, 1.82) is 0 Å². The van der Waals surface area contributed by atoms with Crippen molar-refractivity contribution >= 4 is 22.6 Å². The molecule has 4 aromatic rings. The average molecular weight is 386 g/mol. The van der Waals surface area contributed by atoms with E-state index in [1.165, 1.54) is 12.4 Å². The first-order chi connectivity index (χ1) is 14.2. The van der Waals surface area contributed by atoms with Crippen molar-refractivity contribution in [2.24, 2.45) is 0 Å². The zero-order valence-corrected chi connectivity index (χ0v) is 15.7. The van der Waals surface area contributed by atoms with Gasteiger partial charge in [-0.15, -0.1) is 0 Å². The van der Waals surface area contributed by atoms with Gasteiger partial charge >= 0.3 is 0 Å². The Bertz CT molecular complexity index is 1180. The molecule has 0 spiro atoms. The Hall–Kier alpha value is -4.13. The predicted octanol–water partition coefficient (Wildman–Crippen LogP) is 4.55. The Balaban J connectivity index is 1.71. The number of ether oxygens (including phenoxy) is 2. The number of rotatable bonds is 6. The monoisotopic (exact) mass is 386 g/mol. The molecule has 2 aromatic carbocycles. The maximum Gasteiger partial charge on any atom is 0.247 e. The van der Waals surface area contributed by atoms with Crippen molar-refractivity contribution in [3.63, 3.8) is 0 Å². The molecule has 4 rings (SSSR count). The molecular formula is C22H18N4O3. The van der Waals surface area contributed by atoms with E-state index in [0.29, 0.717) is 23.0 Å². The number of nitrogens with zero attached hydrogens (tertiary/aromatic N) is 2. The third-order valence-electron chi connectivity index (χ3n) is 4.34. The summed E-state index contributed by atoms with van der Waals surface area (Å²) in [7, 11) is 1.63. The molecule has 0 aliphatic carbocycles. The molecule has 0 atom stereocenters. The molecule has 0 saturated carbocycles. The van der Waals surface area contributed by atoms with Crippen LogP contribution in [-0.4, -0.2) is 28.0 Å². The van der Waals surface area contributed by atoms with E-state index in [1.54, 1.807) is 31.4 Å². The van der Waals surface area contributed by atoms with Crippen molar-refractivity contribution in [2.45, 2.75) is 0 Å². The number of methoxy groups -OCH3 is 1. The lowest BCUT2D eigenvalue weighted by Gasteiger charge is -2.09. The number of fused-ring (bicyclic) bond motifs is 1. The number of aromatic amines is 1. The first kappa shape index (κ1) is 18.2. The minimum Gasteiger partial charge on any atom is -0.497 e. The number of hydrogen-bond acceptors (Lipinski definition) is 5. The molecular weight excluding hydrogens is 368 g/mol. The van der Waals surface area contributed by atoms with Crippen LogP contribution in [0, 0.1) is 0 Å². The summed E-state index contributed by atoms with van der Waals surface area (Å²) in [6.07, 6.45) is 4.52. The lowest BCUT2D eigenvalue weighted by molar-refractivity contribution is -0.111. The van der Waals surface area contributed by atoms with Crippen LogP contribution >= 0.6 is 0 Å². The summed E-state index contributed by atoms with van der Waals surface area (Å²) in [6.45, 7) is 3.45. The van der Waals surface area contributed by atoms with Gasteiger partial charge in [0.05, 0.1) is 12.5 Å². The van der Waals surface area contributed by atoms with E-state index in [2.05, 4.69) is 26.8 Å². The number of amides is 1. The third kappa shape index (κ3) is 3.79. The Kier molecular flexibility index (Phi) is 4.94. The zero-order valence-electron chi connectivity index (χ0n) is 15.7. The minimum atomic E-state index is -0.293. The Morgan fingerprint density at radius 1 is 1.14 bits per heavy atom. The number of carbonyl (C=O) groups excluding carboxylic acids is 1. The highest BCUT2D eigenvalue weighted by Crippen LogP contribution is 2.36. The van der Waals surface area contributed by atoms with Gasteiger partial charge in [0, 0.05) is 23.5 Å². The molecule has 0 saturated heterocycles. The molecule has 144 valence electrons. The topological polar surface area (TPSA) is 89.1 Å². The molecule has 0 aliphatic rings. The van der Waals surface area contributed by atoms with Gasteiger partial charge in [-0.05, 0) is 35.9 Å². The fraction of sp³-hybridized carbons (Fsp3) is 0.0455. The van der Waals surface area contributed by atoms with Crippen molar-refractivity contribution in [1.82, 2.24) is 15.0 Å². The number of benzene rings is 2. The van der Waals surface area contributed by atoms with Gasteiger partial charge in [-0.25, -0.2) is 9.97 Å². The number of hydrogen-bond donors (Lipinski definition) is 2. The quantitative estimate of drug-likeness (QED) is 0.475. The van der Waals surface area contributed by atoms with Gasteiger partial charge < -0.3 is 19.8 Å². The van der Waals surface area contributed by atoms with E-state index in [9.17, 15) is 4.79 Å². The van der Waals surface area contributed by atoms with Gasteiger partial charge in [-0.1, -0.05) is 24.8 Å². The Morgan fingerprint density at radius 3 is 2.72 bits per heavy atom. The Labute approximate surface area is 167 Å². The van der Waals surface area contributed by atoms with Gasteiger partial charge in [0.15, 0.2) is 0 Å². The van der Waals surface area contributed by atoms with Crippen molar-refractivity contribution in [3.8, 4) is 28.5 Å². The van der Waals surface area contributed by atoms with Crippen LogP contribution in [0.4, 0.5) is 5.69 Å². The first-order valence-corrected chi connectivity index (χ1v) is 8.86. The van der Waals surface area contributed by atoms with Crippen LogP contribution in [0.3, 0.4) is 0 Å². The minimum absolute atomic E-state index is 0.293. The number of nitrogens with one attached hydrogen (secondary N) is 2. The Morgan fingerprint density at radius 2 is 1.97 bits per heavy atom. The van der Waals surface area contributed by atoms with Gasteiger partial charge in [0.2, 0.25) is 11.8 Å². The lowest BCUT2D eigenvalue weighted by atomic mass is 10.1. The van der Waals surface area contributed by atoms with E-state index < -0.39 is 0 Å². The molecule has 2 heterocycles. The van der Waals surface area contributed by atoms with Crippen LogP contribution in [0.1, 0.15) is 0 Å². The summed E-state index contributed by atoms with van der Waals surface area (Å²) in [6, 6.07) is 14.8. The third-order valence-corrected chi connectivity index (χ3v) is 4.34. The molecule has 0 aliphatic heterocycles. The van der Waals surface area contributed by atoms with Crippen LogP contribution < -0.4 is 14.8 Å². The summed E-state index contributed by atoms with van der Waals surface area (Å²) in [4.78, 5) is 23.3. The normalized spacial score (nSPS) is 10.5. The summed E-state index contributed by atoms with van der Waals surface area (Å²) >= 11 is 0. The molecule has 2 aromatic heterocycles. The average Bonchev–Trinajstić information content (AvgIpc) is 3.19. The SMILES string of the molecule is C=CC(=O)Nc1cccc(Oc2ncnc3[nH]cc(-c4ccc(OC)cc4)c23)c1. The second-order valence-electron chi connectivity index (χ2n) is 6.16. The van der Waals surface area contributed by atoms with E-state index in [4.69, 9.17) is 9.47 Å². The van der Waals surface area contributed by atoms with Crippen molar-refractivity contribution < 1.29 is 14.3 Å². The van der Waals surface area contributed by atoms with E-state index in [0.717, 1.165) is 22.3 Å². The van der Waals surface area contributed by atoms with Crippen LogP contribution in [-0.2, 0) is 4.79 Å². The number of carbonyl (C=O) groups is 1. The highest BCUT2D eigenvalue weighted by atomic mass is 16.5. The second-order valence-corrected chi connectivity index (χ2v) is 6.16. The zero-order chi connectivity index (χ0) is 20.2. The maximum atomic E-state index is 11.5. The maximum absolute atomic E-state index is 11.5.